The first-order chi connectivity index (χ1) is 11.0. The van der Waals surface area contributed by atoms with E-state index in [0.29, 0.717) is 18.8 Å². The maximum Gasteiger partial charge on any atom is 0.292 e. The van der Waals surface area contributed by atoms with E-state index in [9.17, 15) is 4.79 Å². The van der Waals surface area contributed by atoms with Gasteiger partial charge in [0, 0.05) is 43.3 Å². The molecular weight excluding hydrogens is 314 g/mol. The number of carbonyl (C=O) groups is 1. The Morgan fingerprint density at radius 1 is 1.26 bits per heavy atom. The van der Waals surface area contributed by atoms with Crippen LogP contribution < -0.4 is 0 Å². The highest BCUT2D eigenvalue weighted by atomic mass is 35.5. The predicted octanol–water partition coefficient (Wildman–Crippen LogP) is 3.16. The second-order valence-electron chi connectivity index (χ2n) is 5.89. The molecule has 0 unspecified atom stereocenters. The summed E-state index contributed by atoms with van der Waals surface area (Å²) in [7, 11) is 0. The molecule has 1 aliphatic heterocycles. The predicted molar refractivity (Wildman–Crippen MR) is 88.6 cm³/mol. The van der Waals surface area contributed by atoms with E-state index < -0.39 is 0 Å². The molecule has 0 aliphatic carbocycles. The van der Waals surface area contributed by atoms with E-state index in [-0.39, 0.29) is 11.9 Å². The molecule has 2 heterocycles. The van der Waals surface area contributed by atoms with Crippen molar-refractivity contribution in [1.82, 2.24) is 15.0 Å². The van der Waals surface area contributed by atoms with E-state index in [0.717, 1.165) is 23.8 Å². The highest BCUT2D eigenvalue weighted by Crippen LogP contribution is 2.24. The molecule has 1 aliphatic rings. The summed E-state index contributed by atoms with van der Waals surface area (Å²) in [5.74, 6) is 0.236. The molecular formula is C17H20ClN3O2. The van der Waals surface area contributed by atoms with Crippen LogP contribution in [-0.2, 0) is 0 Å². The van der Waals surface area contributed by atoms with Crippen LogP contribution in [0.4, 0.5) is 0 Å². The van der Waals surface area contributed by atoms with Gasteiger partial charge in [0.25, 0.3) is 5.91 Å². The Morgan fingerprint density at radius 2 is 2.00 bits per heavy atom. The number of halogens is 1. The number of nitrogens with zero attached hydrogens (tertiary/aromatic N) is 3. The van der Waals surface area contributed by atoms with Crippen LogP contribution in [-0.4, -0.2) is 47.0 Å². The van der Waals surface area contributed by atoms with Gasteiger partial charge in [-0.05, 0) is 31.5 Å². The first-order valence-electron chi connectivity index (χ1n) is 7.76. The van der Waals surface area contributed by atoms with Crippen LogP contribution in [0.25, 0.3) is 0 Å². The fourth-order valence-corrected chi connectivity index (χ4v) is 3.11. The minimum Gasteiger partial charge on any atom is -0.351 e. The number of piperazine rings is 1. The molecule has 1 amide bonds. The summed E-state index contributed by atoms with van der Waals surface area (Å²) < 4.78 is 5.07. The van der Waals surface area contributed by atoms with E-state index in [1.165, 1.54) is 5.56 Å². The number of rotatable bonds is 3. The fraction of sp³-hybridized carbons (Fsp3) is 0.412. The molecule has 0 N–H and O–H groups in total. The molecule has 6 heteroatoms. The SMILES string of the molecule is Cc1cc(C(=O)N2CCN([C@H](C)c3cccc(Cl)c3)CC2)on1. The number of hydrogen-bond acceptors (Lipinski definition) is 4. The number of amides is 1. The highest BCUT2D eigenvalue weighted by Gasteiger charge is 2.27. The molecule has 2 aromatic rings. The van der Waals surface area contributed by atoms with Crippen molar-refractivity contribution in [2.45, 2.75) is 19.9 Å². The minimum absolute atomic E-state index is 0.0827. The average molecular weight is 334 g/mol. The third kappa shape index (κ3) is 3.57. The Labute approximate surface area is 140 Å². The fourth-order valence-electron chi connectivity index (χ4n) is 2.91. The van der Waals surface area contributed by atoms with Gasteiger partial charge in [0.2, 0.25) is 5.76 Å². The van der Waals surface area contributed by atoms with Crippen LogP contribution in [0.3, 0.4) is 0 Å². The third-order valence-electron chi connectivity index (χ3n) is 4.32. The van der Waals surface area contributed by atoms with Crippen molar-refractivity contribution < 1.29 is 9.32 Å². The minimum atomic E-state index is -0.0827. The van der Waals surface area contributed by atoms with Crippen molar-refractivity contribution in [2.75, 3.05) is 26.2 Å². The molecule has 1 atom stereocenters. The van der Waals surface area contributed by atoms with Gasteiger partial charge >= 0.3 is 0 Å². The quantitative estimate of drug-likeness (QED) is 0.865. The molecule has 0 saturated carbocycles. The van der Waals surface area contributed by atoms with Gasteiger partial charge in [-0.3, -0.25) is 9.69 Å². The van der Waals surface area contributed by atoms with E-state index in [1.807, 2.05) is 30.0 Å². The van der Waals surface area contributed by atoms with Gasteiger partial charge < -0.3 is 9.42 Å². The number of hydrogen-bond donors (Lipinski definition) is 0. The van der Waals surface area contributed by atoms with E-state index in [4.69, 9.17) is 16.1 Å². The molecule has 23 heavy (non-hydrogen) atoms. The lowest BCUT2D eigenvalue weighted by molar-refractivity contribution is 0.0544. The Bertz CT molecular complexity index is 693. The summed E-state index contributed by atoms with van der Waals surface area (Å²) in [6, 6.07) is 9.90. The Kier molecular flexibility index (Phi) is 4.68. The van der Waals surface area contributed by atoms with Crippen molar-refractivity contribution in [1.29, 1.82) is 0 Å². The summed E-state index contributed by atoms with van der Waals surface area (Å²) in [6.45, 7) is 7.00. The van der Waals surface area contributed by atoms with Gasteiger partial charge in [0.05, 0.1) is 5.69 Å². The van der Waals surface area contributed by atoms with Crippen LogP contribution in [0.15, 0.2) is 34.9 Å². The van der Waals surface area contributed by atoms with Gasteiger partial charge in [-0.1, -0.05) is 28.9 Å². The Balaban J connectivity index is 1.61. The number of aryl methyl sites for hydroxylation is 1. The van der Waals surface area contributed by atoms with Crippen molar-refractivity contribution in [2.24, 2.45) is 0 Å². The molecule has 0 spiro atoms. The summed E-state index contributed by atoms with van der Waals surface area (Å²) >= 11 is 6.07. The molecule has 1 aromatic carbocycles. The van der Waals surface area contributed by atoms with E-state index in [1.54, 1.807) is 6.07 Å². The first kappa shape index (κ1) is 16.0. The summed E-state index contributed by atoms with van der Waals surface area (Å²) in [5.41, 5.74) is 1.92. The summed E-state index contributed by atoms with van der Waals surface area (Å²) in [6.07, 6.45) is 0. The lowest BCUT2D eigenvalue weighted by Gasteiger charge is -2.37. The zero-order valence-electron chi connectivity index (χ0n) is 13.3. The van der Waals surface area contributed by atoms with Crippen molar-refractivity contribution in [3.63, 3.8) is 0 Å². The van der Waals surface area contributed by atoms with Crippen molar-refractivity contribution >= 4 is 17.5 Å². The van der Waals surface area contributed by atoms with Gasteiger partial charge in [-0.2, -0.15) is 0 Å². The maximum atomic E-state index is 12.4. The summed E-state index contributed by atoms with van der Waals surface area (Å²) in [4.78, 5) is 16.5. The molecule has 0 bridgehead atoms. The molecule has 1 aromatic heterocycles. The van der Waals surface area contributed by atoms with E-state index >= 15 is 0 Å². The van der Waals surface area contributed by atoms with Crippen molar-refractivity contribution in [3.8, 4) is 0 Å². The monoisotopic (exact) mass is 333 g/mol. The molecule has 1 fully saturated rings. The molecule has 0 radical (unpaired) electrons. The largest absolute Gasteiger partial charge is 0.351 e. The molecule has 5 nitrogen and oxygen atoms in total. The number of carbonyl (C=O) groups excluding carboxylic acids is 1. The molecule has 3 rings (SSSR count). The number of aromatic nitrogens is 1. The molecule has 122 valence electrons. The second-order valence-corrected chi connectivity index (χ2v) is 6.33. The lowest BCUT2D eigenvalue weighted by Crippen LogP contribution is -2.49. The zero-order chi connectivity index (χ0) is 16.4. The topological polar surface area (TPSA) is 49.6 Å². The standard InChI is InChI=1S/C17H20ClN3O2/c1-12-10-16(23-19-12)17(22)21-8-6-20(7-9-21)13(2)14-4-3-5-15(18)11-14/h3-5,10-11,13H,6-9H2,1-2H3/t13-/m1/s1. The Hall–Kier alpha value is -1.85. The van der Waals surface area contributed by atoms with Gasteiger partial charge in [-0.15, -0.1) is 0 Å². The van der Waals surface area contributed by atoms with Gasteiger partial charge in [0.1, 0.15) is 0 Å². The van der Waals surface area contributed by atoms with Gasteiger partial charge in [-0.25, -0.2) is 0 Å². The zero-order valence-corrected chi connectivity index (χ0v) is 14.1. The molecule has 1 saturated heterocycles. The second kappa shape index (κ2) is 6.72. The van der Waals surface area contributed by atoms with E-state index in [2.05, 4.69) is 23.0 Å². The van der Waals surface area contributed by atoms with Crippen LogP contribution in [0.5, 0.6) is 0 Å². The van der Waals surface area contributed by atoms with Crippen LogP contribution in [0.1, 0.15) is 34.8 Å². The normalized spacial score (nSPS) is 17.3. The Morgan fingerprint density at radius 3 is 2.61 bits per heavy atom. The van der Waals surface area contributed by atoms with Crippen LogP contribution in [0, 0.1) is 6.92 Å². The smallest absolute Gasteiger partial charge is 0.292 e. The summed E-state index contributed by atoms with van der Waals surface area (Å²) in [5, 5.41) is 4.53. The van der Waals surface area contributed by atoms with Crippen molar-refractivity contribution in [3.05, 3.63) is 52.4 Å². The lowest BCUT2D eigenvalue weighted by atomic mass is 10.1. The third-order valence-corrected chi connectivity index (χ3v) is 4.55. The maximum absolute atomic E-state index is 12.4. The first-order valence-corrected chi connectivity index (χ1v) is 8.14. The van der Waals surface area contributed by atoms with Crippen LogP contribution >= 0.6 is 11.6 Å². The highest BCUT2D eigenvalue weighted by molar-refractivity contribution is 6.30. The van der Waals surface area contributed by atoms with Crippen LogP contribution in [0.2, 0.25) is 5.02 Å². The van der Waals surface area contributed by atoms with Gasteiger partial charge in [0.15, 0.2) is 0 Å². The number of benzene rings is 1. The average Bonchev–Trinajstić information content (AvgIpc) is 3.00.